The van der Waals surface area contributed by atoms with E-state index >= 15 is 0 Å². The Morgan fingerprint density at radius 1 is 0.318 bits per heavy atom. The SMILES string of the molecule is CC/C=C\C/C=C\C/C=C\C/C=C\CCCCCC(=O)OC(COC(=O)CCCCC/C=C\CCCCCCCC)COC(=O)CCCCCCCCC/C=C\CCCCCCCCCC. The van der Waals surface area contributed by atoms with Gasteiger partial charge in [-0.3, -0.25) is 14.4 Å². The molecule has 0 fully saturated rings. The summed E-state index contributed by atoms with van der Waals surface area (Å²) in [4.78, 5) is 38.1. The Labute approximate surface area is 408 Å². The molecule has 0 aromatic carbocycles. The zero-order chi connectivity index (χ0) is 47.9. The molecule has 0 aromatic rings. The van der Waals surface area contributed by atoms with Crippen LogP contribution in [0.25, 0.3) is 0 Å². The van der Waals surface area contributed by atoms with Gasteiger partial charge in [-0.15, -0.1) is 0 Å². The second kappa shape index (κ2) is 54.5. The molecule has 380 valence electrons. The molecular weight excluding hydrogens is 817 g/mol. The van der Waals surface area contributed by atoms with E-state index in [0.717, 1.165) is 103 Å². The third-order valence-corrected chi connectivity index (χ3v) is 11.9. The van der Waals surface area contributed by atoms with Crippen LogP contribution in [-0.2, 0) is 28.6 Å². The van der Waals surface area contributed by atoms with Gasteiger partial charge >= 0.3 is 17.9 Å². The van der Waals surface area contributed by atoms with E-state index in [-0.39, 0.29) is 37.5 Å². The molecule has 0 radical (unpaired) electrons. The minimum atomic E-state index is -0.800. The average molecular weight is 921 g/mol. The van der Waals surface area contributed by atoms with Crippen LogP contribution in [0.5, 0.6) is 0 Å². The monoisotopic (exact) mass is 921 g/mol. The molecule has 66 heavy (non-hydrogen) atoms. The van der Waals surface area contributed by atoms with Crippen molar-refractivity contribution in [2.45, 2.75) is 277 Å². The minimum absolute atomic E-state index is 0.0949. The smallest absolute Gasteiger partial charge is 0.306 e. The number of hydrogen-bond acceptors (Lipinski definition) is 6. The molecule has 1 unspecified atom stereocenters. The van der Waals surface area contributed by atoms with Crippen LogP contribution in [0.1, 0.15) is 271 Å². The van der Waals surface area contributed by atoms with E-state index in [9.17, 15) is 14.4 Å². The second-order valence-corrected chi connectivity index (χ2v) is 18.5. The molecule has 0 aliphatic heterocycles. The molecule has 0 saturated heterocycles. The zero-order valence-corrected chi connectivity index (χ0v) is 43.4. The third kappa shape index (κ3) is 51.8. The number of carbonyl (C=O) groups is 3. The van der Waals surface area contributed by atoms with Crippen LogP contribution in [-0.4, -0.2) is 37.2 Å². The standard InChI is InChI=1S/C60H104O6/c1-4-7-10-13-16-19-22-25-27-29-30-31-33-35-38-41-44-47-50-53-59(62)65-56-57(55-64-58(61)52-49-46-43-40-37-34-24-21-18-15-12-9-6-3)66-60(63)54-51-48-45-42-39-36-32-28-26-23-20-17-14-11-8-5-2/h8,11,17,20,26,28-30,34,36-37,39,57H,4-7,9-10,12-16,18-19,21-25,27,31-33,35,38,40-56H2,1-3H3/b11-8-,20-17-,28-26-,30-29-,37-34-,39-36-. The predicted octanol–water partition coefficient (Wildman–Crippen LogP) is 18.6. The molecule has 0 aliphatic carbocycles. The fourth-order valence-corrected chi connectivity index (χ4v) is 7.72. The lowest BCUT2D eigenvalue weighted by molar-refractivity contribution is -0.167. The fourth-order valence-electron chi connectivity index (χ4n) is 7.72. The molecule has 0 saturated carbocycles. The topological polar surface area (TPSA) is 78.9 Å². The van der Waals surface area contributed by atoms with Gasteiger partial charge in [0.15, 0.2) is 6.10 Å². The van der Waals surface area contributed by atoms with Crippen LogP contribution < -0.4 is 0 Å². The van der Waals surface area contributed by atoms with Crippen molar-refractivity contribution in [3.8, 4) is 0 Å². The maximum Gasteiger partial charge on any atom is 0.306 e. The normalized spacial score (nSPS) is 12.6. The molecule has 0 aliphatic rings. The Balaban J connectivity index is 4.42. The van der Waals surface area contributed by atoms with Crippen LogP contribution in [0.2, 0.25) is 0 Å². The van der Waals surface area contributed by atoms with E-state index in [1.807, 2.05) is 0 Å². The van der Waals surface area contributed by atoms with Crippen molar-refractivity contribution in [1.29, 1.82) is 0 Å². The van der Waals surface area contributed by atoms with Crippen molar-refractivity contribution in [2.24, 2.45) is 0 Å². The minimum Gasteiger partial charge on any atom is -0.462 e. The maximum absolute atomic E-state index is 12.8. The number of rotatable bonds is 50. The molecule has 0 N–H and O–H groups in total. The predicted molar refractivity (Wildman–Crippen MR) is 284 cm³/mol. The number of allylic oxidation sites excluding steroid dienone is 12. The summed E-state index contributed by atoms with van der Waals surface area (Å²) in [6.45, 7) is 6.49. The van der Waals surface area contributed by atoms with E-state index in [1.165, 1.54) is 128 Å². The molecule has 0 bridgehead atoms. The fraction of sp³-hybridized carbons (Fsp3) is 0.750. The lowest BCUT2D eigenvalue weighted by Crippen LogP contribution is -2.30. The van der Waals surface area contributed by atoms with Crippen molar-refractivity contribution in [3.63, 3.8) is 0 Å². The van der Waals surface area contributed by atoms with Gasteiger partial charge in [-0.05, 0) is 109 Å². The average Bonchev–Trinajstić information content (AvgIpc) is 3.31. The van der Waals surface area contributed by atoms with E-state index in [1.54, 1.807) is 0 Å². The van der Waals surface area contributed by atoms with Gasteiger partial charge < -0.3 is 14.2 Å². The summed E-state index contributed by atoms with van der Waals surface area (Å²) < 4.78 is 16.8. The molecule has 6 nitrogen and oxygen atoms in total. The summed E-state index contributed by atoms with van der Waals surface area (Å²) in [7, 11) is 0. The van der Waals surface area contributed by atoms with Gasteiger partial charge in [0, 0.05) is 19.3 Å². The molecule has 1 atom stereocenters. The summed E-state index contributed by atoms with van der Waals surface area (Å²) >= 11 is 0. The van der Waals surface area contributed by atoms with E-state index in [0.29, 0.717) is 12.8 Å². The Kier molecular flexibility index (Phi) is 51.9. The Morgan fingerprint density at radius 2 is 0.591 bits per heavy atom. The second-order valence-electron chi connectivity index (χ2n) is 18.5. The molecule has 0 spiro atoms. The summed E-state index contributed by atoms with van der Waals surface area (Å²) in [6, 6.07) is 0. The highest BCUT2D eigenvalue weighted by Crippen LogP contribution is 2.14. The number of hydrogen-bond donors (Lipinski definition) is 0. The Morgan fingerprint density at radius 3 is 0.955 bits per heavy atom. The largest absolute Gasteiger partial charge is 0.462 e. The number of esters is 3. The lowest BCUT2D eigenvalue weighted by Gasteiger charge is -2.18. The van der Waals surface area contributed by atoms with Crippen LogP contribution in [0, 0.1) is 0 Å². The summed E-state index contributed by atoms with van der Waals surface area (Å²) in [6.07, 6.45) is 68.9. The van der Waals surface area contributed by atoms with Gasteiger partial charge in [0.2, 0.25) is 0 Å². The molecule has 0 amide bonds. The molecule has 0 aromatic heterocycles. The van der Waals surface area contributed by atoms with Gasteiger partial charge in [0.25, 0.3) is 0 Å². The quantitative estimate of drug-likeness (QED) is 0.0262. The highest BCUT2D eigenvalue weighted by molar-refractivity contribution is 5.71. The van der Waals surface area contributed by atoms with Gasteiger partial charge in [0.05, 0.1) is 0 Å². The first-order chi connectivity index (χ1) is 32.5. The highest BCUT2D eigenvalue weighted by atomic mass is 16.6. The number of ether oxygens (including phenoxy) is 3. The van der Waals surface area contributed by atoms with E-state index < -0.39 is 6.10 Å². The Hall–Kier alpha value is -3.15. The van der Waals surface area contributed by atoms with Gasteiger partial charge in [-0.25, -0.2) is 0 Å². The maximum atomic E-state index is 12.8. The van der Waals surface area contributed by atoms with Gasteiger partial charge in [0.1, 0.15) is 13.2 Å². The molecule has 0 rings (SSSR count). The van der Waals surface area contributed by atoms with E-state index in [2.05, 4.69) is 93.7 Å². The molecule has 0 heterocycles. The first-order valence-electron chi connectivity index (χ1n) is 27.9. The van der Waals surface area contributed by atoms with Crippen LogP contribution in [0.15, 0.2) is 72.9 Å². The van der Waals surface area contributed by atoms with Crippen LogP contribution in [0.3, 0.4) is 0 Å². The van der Waals surface area contributed by atoms with Crippen molar-refractivity contribution in [2.75, 3.05) is 13.2 Å². The van der Waals surface area contributed by atoms with Gasteiger partial charge in [-0.1, -0.05) is 216 Å². The van der Waals surface area contributed by atoms with Crippen LogP contribution in [0.4, 0.5) is 0 Å². The third-order valence-electron chi connectivity index (χ3n) is 11.9. The first-order valence-corrected chi connectivity index (χ1v) is 27.9. The summed E-state index contributed by atoms with van der Waals surface area (Å²) in [5.41, 5.74) is 0. The van der Waals surface area contributed by atoms with Crippen molar-refractivity contribution < 1.29 is 28.6 Å². The number of carbonyl (C=O) groups excluding carboxylic acids is 3. The molecular formula is C60H104O6. The van der Waals surface area contributed by atoms with Gasteiger partial charge in [-0.2, -0.15) is 0 Å². The lowest BCUT2D eigenvalue weighted by atomic mass is 10.1. The highest BCUT2D eigenvalue weighted by Gasteiger charge is 2.19. The summed E-state index contributed by atoms with van der Waals surface area (Å²) in [5, 5.41) is 0. The first kappa shape index (κ1) is 62.8. The van der Waals surface area contributed by atoms with E-state index in [4.69, 9.17) is 14.2 Å². The van der Waals surface area contributed by atoms with Crippen molar-refractivity contribution in [3.05, 3.63) is 72.9 Å². The zero-order valence-electron chi connectivity index (χ0n) is 43.4. The van der Waals surface area contributed by atoms with Crippen LogP contribution >= 0.6 is 0 Å². The van der Waals surface area contributed by atoms with Crippen molar-refractivity contribution in [1.82, 2.24) is 0 Å². The Bertz CT molecular complexity index is 1240. The van der Waals surface area contributed by atoms with Crippen molar-refractivity contribution >= 4 is 17.9 Å². The number of unbranched alkanes of at least 4 members (excludes halogenated alkanes) is 27. The summed E-state index contributed by atoms with van der Waals surface area (Å²) in [5.74, 6) is -0.942. The molecule has 6 heteroatoms.